The normalized spacial score (nSPS) is 10.9. The first-order valence-corrected chi connectivity index (χ1v) is 5.36. The lowest BCUT2D eigenvalue weighted by molar-refractivity contribution is 1.34. The van der Waals surface area contributed by atoms with Crippen LogP contribution in [0, 0.1) is 0 Å². The maximum atomic E-state index is 4.31. The van der Waals surface area contributed by atoms with E-state index in [9.17, 15) is 0 Å². The van der Waals surface area contributed by atoms with Crippen molar-refractivity contribution >= 4 is 17.4 Å². The molecule has 0 atom stereocenters. The van der Waals surface area contributed by atoms with Gasteiger partial charge in [0.2, 0.25) is 0 Å². The van der Waals surface area contributed by atoms with Gasteiger partial charge in [0.05, 0.1) is 10.6 Å². The molecule has 0 aliphatic heterocycles. The highest BCUT2D eigenvalue weighted by atomic mass is 32.1. The highest BCUT2D eigenvalue weighted by molar-refractivity contribution is 7.16. The second kappa shape index (κ2) is 4.20. The second-order valence-electron chi connectivity index (χ2n) is 2.92. The molecule has 0 spiro atoms. The third-order valence-electron chi connectivity index (χ3n) is 1.88. The first-order chi connectivity index (χ1) is 6.90. The first kappa shape index (κ1) is 9.16. The van der Waals surface area contributed by atoms with Crippen LogP contribution < -0.4 is 0 Å². The topological polar surface area (TPSA) is 12.9 Å². The number of aromatic nitrogens is 1. The van der Waals surface area contributed by atoms with Crippen molar-refractivity contribution in [1.29, 1.82) is 0 Å². The largest absolute Gasteiger partial charge is 0.255 e. The molecule has 70 valence electrons. The minimum Gasteiger partial charge on any atom is -0.255 e. The van der Waals surface area contributed by atoms with Crippen molar-refractivity contribution in [2.75, 3.05) is 0 Å². The first-order valence-electron chi connectivity index (χ1n) is 4.54. The number of allylic oxidation sites excluding steroid dienone is 1. The van der Waals surface area contributed by atoms with E-state index in [1.807, 2.05) is 37.4 Å². The lowest BCUT2D eigenvalue weighted by Gasteiger charge is -1.92. The van der Waals surface area contributed by atoms with Gasteiger partial charge in [0.25, 0.3) is 0 Å². The molecule has 0 amide bonds. The van der Waals surface area contributed by atoms with Crippen LogP contribution in [-0.4, -0.2) is 4.98 Å². The Morgan fingerprint density at radius 1 is 1.21 bits per heavy atom. The Labute approximate surface area is 87.8 Å². The van der Waals surface area contributed by atoms with Crippen LogP contribution in [0.25, 0.3) is 16.6 Å². The number of pyridine rings is 1. The fraction of sp³-hybridized carbons (Fsp3) is 0.0833. The summed E-state index contributed by atoms with van der Waals surface area (Å²) < 4.78 is 0. The van der Waals surface area contributed by atoms with Gasteiger partial charge in [-0.3, -0.25) is 4.98 Å². The predicted octanol–water partition coefficient (Wildman–Crippen LogP) is 3.84. The zero-order chi connectivity index (χ0) is 9.80. The zero-order valence-corrected chi connectivity index (χ0v) is 8.79. The van der Waals surface area contributed by atoms with Crippen molar-refractivity contribution < 1.29 is 0 Å². The van der Waals surface area contributed by atoms with Crippen LogP contribution in [0.15, 0.2) is 42.6 Å². The third-order valence-corrected chi connectivity index (χ3v) is 2.95. The molecule has 0 aliphatic rings. The van der Waals surface area contributed by atoms with Crippen molar-refractivity contribution in [3.05, 3.63) is 47.5 Å². The summed E-state index contributed by atoms with van der Waals surface area (Å²) in [6.07, 6.45) is 5.98. The smallest absolute Gasteiger partial charge is 0.0801 e. The van der Waals surface area contributed by atoms with E-state index in [1.54, 1.807) is 11.3 Å². The number of hydrogen-bond donors (Lipinski definition) is 0. The van der Waals surface area contributed by atoms with E-state index >= 15 is 0 Å². The Bertz CT molecular complexity index is 429. The number of hydrogen-bond acceptors (Lipinski definition) is 2. The molecule has 0 N–H and O–H groups in total. The molecule has 0 aliphatic carbocycles. The maximum absolute atomic E-state index is 4.31. The monoisotopic (exact) mass is 201 g/mol. The van der Waals surface area contributed by atoms with Gasteiger partial charge in [-0.1, -0.05) is 12.1 Å². The number of rotatable bonds is 2. The van der Waals surface area contributed by atoms with Gasteiger partial charge in [-0.25, -0.2) is 0 Å². The van der Waals surface area contributed by atoms with E-state index in [2.05, 4.69) is 23.2 Å². The van der Waals surface area contributed by atoms with E-state index in [1.165, 1.54) is 9.75 Å². The Balaban J connectivity index is 2.34. The molecule has 0 bridgehead atoms. The molecule has 2 aromatic heterocycles. The van der Waals surface area contributed by atoms with Crippen molar-refractivity contribution in [3.63, 3.8) is 0 Å². The molecule has 0 radical (unpaired) electrons. The van der Waals surface area contributed by atoms with Crippen LogP contribution in [0.3, 0.4) is 0 Å². The van der Waals surface area contributed by atoms with Crippen molar-refractivity contribution in [1.82, 2.24) is 4.98 Å². The summed E-state index contributed by atoms with van der Waals surface area (Å²) in [6, 6.07) is 10.2. The summed E-state index contributed by atoms with van der Waals surface area (Å²) in [5, 5.41) is 0. The van der Waals surface area contributed by atoms with Gasteiger partial charge in [-0.15, -0.1) is 11.3 Å². The molecule has 0 saturated carbocycles. The molecule has 0 fully saturated rings. The molecule has 1 nitrogen and oxygen atoms in total. The molecule has 0 saturated heterocycles. The predicted molar refractivity (Wildman–Crippen MR) is 62.3 cm³/mol. The summed E-state index contributed by atoms with van der Waals surface area (Å²) in [5.41, 5.74) is 1.05. The van der Waals surface area contributed by atoms with Crippen molar-refractivity contribution in [2.45, 2.75) is 6.92 Å². The molecule has 2 aromatic rings. The van der Waals surface area contributed by atoms with Gasteiger partial charge in [0.15, 0.2) is 0 Å². The van der Waals surface area contributed by atoms with Crippen LogP contribution in [0.2, 0.25) is 0 Å². The van der Waals surface area contributed by atoms with Crippen LogP contribution in [0.4, 0.5) is 0 Å². The Morgan fingerprint density at radius 2 is 2.14 bits per heavy atom. The molecule has 2 heterocycles. The van der Waals surface area contributed by atoms with Gasteiger partial charge in [-0.2, -0.15) is 0 Å². The van der Waals surface area contributed by atoms with Crippen LogP contribution >= 0.6 is 11.3 Å². The van der Waals surface area contributed by atoms with Crippen molar-refractivity contribution in [3.8, 4) is 10.6 Å². The fourth-order valence-electron chi connectivity index (χ4n) is 1.25. The summed E-state index contributed by atoms with van der Waals surface area (Å²) in [6.45, 7) is 2.03. The highest BCUT2D eigenvalue weighted by Crippen LogP contribution is 2.26. The summed E-state index contributed by atoms with van der Waals surface area (Å²) in [5.74, 6) is 0. The summed E-state index contributed by atoms with van der Waals surface area (Å²) >= 11 is 1.76. The minimum absolute atomic E-state index is 1.05. The summed E-state index contributed by atoms with van der Waals surface area (Å²) in [7, 11) is 0. The number of thiophene rings is 1. The molecule has 2 rings (SSSR count). The lowest BCUT2D eigenvalue weighted by atomic mass is 10.3. The van der Waals surface area contributed by atoms with E-state index in [4.69, 9.17) is 0 Å². The Morgan fingerprint density at radius 3 is 2.86 bits per heavy atom. The van der Waals surface area contributed by atoms with Gasteiger partial charge in [-0.05, 0) is 37.3 Å². The molecular weight excluding hydrogens is 190 g/mol. The SMILES string of the molecule is CC=Cc1ccc(-c2ccccn2)s1. The van der Waals surface area contributed by atoms with E-state index in [0.717, 1.165) is 5.69 Å². The van der Waals surface area contributed by atoms with Crippen LogP contribution in [0.5, 0.6) is 0 Å². The second-order valence-corrected chi connectivity index (χ2v) is 4.03. The highest BCUT2D eigenvalue weighted by Gasteiger charge is 2.00. The van der Waals surface area contributed by atoms with Gasteiger partial charge in [0, 0.05) is 11.1 Å². The minimum atomic E-state index is 1.05. The standard InChI is InChI=1S/C12H11NS/c1-2-5-10-7-8-12(14-10)11-6-3-4-9-13-11/h2-9H,1H3. The molecule has 0 aromatic carbocycles. The lowest BCUT2D eigenvalue weighted by Crippen LogP contribution is -1.75. The fourth-order valence-corrected chi connectivity index (χ4v) is 2.21. The molecule has 14 heavy (non-hydrogen) atoms. The quantitative estimate of drug-likeness (QED) is 0.719. The van der Waals surface area contributed by atoms with E-state index < -0.39 is 0 Å². The Hall–Kier alpha value is -1.41. The van der Waals surface area contributed by atoms with E-state index in [0.29, 0.717) is 0 Å². The van der Waals surface area contributed by atoms with Crippen molar-refractivity contribution in [2.24, 2.45) is 0 Å². The average molecular weight is 201 g/mol. The third kappa shape index (κ3) is 1.91. The Kier molecular flexibility index (Phi) is 2.75. The number of nitrogens with zero attached hydrogens (tertiary/aromatic N) is 1. The van der Waals surface area contributed by atoms with Crippen LogP contribution in [-0.2, 0) is 0 Å². The molecule has 0 unspecified atom stereocenters. The molecular formula is C12H11NS. The summed E-state index contributed by atoms with van der Waals surface area (Å²) in [4.78, 5) is 6.80. The van der Waals surface area contributed by atoms with E-state index in [-0.39, 0.29) is 0 Å². The van der Waals surface area contributed by atoms with Gasteiger partial charge in [0.1, 0.15) is 0 Å². The maximum Gasteiger partial charge on any atom is 0.0801 e. The van der Waals surface area contributed by atoms with Gasteiger partial charge >= 0.3 is 0 Å². The average Bonchev–Trinajstić information content (AvgIpc) is 2.68. The van der Waals surface area contributed by atoms with Gasteiger partial charge < -0.3 is 0 Å². The molecule has 2 heteroatoms. The van der Waals surface area contributed by atoms with Crippen LogP contribution in [0.1, 0.15) is 11.8 Å². The zero-order valence-electron chi connectivity index (χ0n) is 7.97.